The highest BCUT2D eigenvalue weighted by molar-refractivity contribution is 7.17. The minimum absolute atomic E-state index is 0.0340. The van der Waals surface area contributed by atoms with Crippen LogP contribution >= 0.6 is 11.3 Å². The van der Waals surface area contributed by atoms with E-state index in [0.717, 1.165) is 31.2 Å². The van der Waals surface area contributed by atoms with Crippen molar-refractivity contribution < 1.29 is 19.1 Å². The van der Waals surface area contributed by atoms with Crippen LogP contribution in [0.3, 0.4) is 0 Å². The molecule has 5 rings (SSSR count). The van der Waals surface area contributed by atoms with Gasteiger partial charge in [-0.2, -0.15) is 0 Å². The van der Waals surface area contributed by atoms with E-state index in [4.69, 9.17) is 9.47 Å². The Kier molecular flexibility index (Phi) is 4.29. The number of carbonyl (C=O) groups is 2. The van der Waals surface area contributed by atoms with E-state index in [9.17, 15) is 9.59 Å². The van der Waals surface area contributed by atoms with Crippen molar-refractivity contribution in [1.82, 2.24) is 5.32 Å². The van der Waals surface area contributed by atoms with Gasteiger partial charge in [0.2, 0.25) is 5.91 Å². The molecule has 1 aromatic heterocycles. The molecule has 1 aliphatic heterocycles. The maximum atomic E-state index is 13.1. The number of aryl methyl sites for hydroxylation is 1. The predicted molar refractivity (Wildman–Crippen MR) is 102 cm³/mol. The van der Waals surface area contributed by atoms with Crippen molar-refractivity contribution in [3.05, 3.63) is 16.0 Å². The Morgan fingerprint density at radius 3 is 2.59 bits per heavy atom. The smallest absolute Gasteiger partial charge is 0.254 e. The molecule has 4 aliphatic rings. The molecule has 1 saturated heterocycles. The largest absolute Gasteiger partial charge is 0.352 e. The standard InChI is InChI=1S/C20H26N2O4S/c1-11-15-14(6-7-20(11)25-8-9-26-20)27-19(22-17(23)13-4-5-13)16(15)18(24)21-10-12-2-3-12/h11-13H,2-10H2,1H3,(H,21,24)(H,22,23). The zero-order valence-corrected chi connectivity index (χ0v) is 16.5. The van der Waals surface area contributed by atoms with Gasteiger partial charge in [0, 0.05) is 29.7 Å². The zero-order valence-electron chi connectivity index (χ0n) is 15.6. The highest BCUT2D eigenvalue weighted by Gasteiger charge is 2.49. The fraction of sp³-hybridized carbons (Fsp3) is 0.700. The van der Waals surface area contributed by atoms with Gasteiger partial charge in [-0.3, -0.25) is 9.59 Å². The Labute approximate surface area is 163 Å². The number of carbonyl (C=O) groups excluding carboxylic acids is 2. The van der Waals surface area contributed by atoms with Crippen LogP contribution in [0.2, 0.25) is 0 Å². The van der Waals surface area contributed by atoms with E-state index in [1.54, 1.807) is 11.3 Å². The minimum atomic E-state index is -0.628. The first-order valence-corrected chi connectivity index (χ1v) is 10.9. The molecule has 1 atom stereocenters. The first kappa shape index (κ1) is 17.6. The van der Waals surface area contributed by atoms with Crippen LogP contribution in [0.5, 0.6) is 0 Å². The average molecular weight is 391 g/mol. The van der Waals surface area contributed by atoms with Crippen molar-refractivity contribution in [2.75, 3.05) is 25.1 Å². The number of amides is 2. The van der Waals surface area contributed by atoms with Crippen LogP contribution in [-0.4, -0.2) is 37.4 Å². The van der Waals surface area contributed by atoms with Crippen molar-refractivity contribution in [2.24, 2.45) is 11.8 Å². The Balaban J connectivity index is 1.49. The molecule has 0 bridgehead atoms. The lowest BCUT2D eigenvalue weighted by atomic mass is 9.81. The van der Waals surface area contributed by atoms with Gasteiger partial charge in [-0.25, -0.2) is 0 Å². The van der Waals surface area contributed by atoms with Gasteiger partial charge in [0.1, 0.15) is 5.00 Å². The normalized spacial score (nSPS) is 26.0. The topological polar surface area (TPSA) is 76.7 Å². The lowest BCUT2D eigenvalue weighted by Gasteiger charge is -2.37. The van der Waals surface area contributed by atoms with E-state index in [-0.39, 0.29) is 23.7 Å². The SMILES string of the molecule is CC1c2c(sc(NC(=O)C3CC3)c2C(=O)NCC2CC2)CCC12OCCO2. The van der Waals surface area contributed by atoms with E-state index >= 15 is 0 Å². The van der Waals surface area contributed by atoms with Gasteiger partial charge in [0.25, 0.3) is 5.91 Å². The van der Waals surface area contributed by atoms with Gasteiger partial charge in [0.15, 0.2) is 5.79 Å². The van der Waals surface area contributed by atoms with Crippen molar-refractivity contribution in [3.63, 3.8) is 0 Å². The van der Waals surface area contributed by atoms with Crippen LogP contribution in [0.4, 0.5) is 5.00 Å². The van der Waals surface area contributed by atoms with E-state index in [0.29, 0.717) is 36.2 Å². The van der Waals surface area contributed by atoms with Crippen LogP contribution in [-0.2, 0) is 20.7 Å². The summed E-state index contributed by atoms with van der Waals surface area (Å²) in [5.74, 6) is 0.0216. The quantitative estimate of drug-likeness (QED) is 0.810. The first-order valence-electron chi connectivity index (χ1n) is 10.1. The second-order valence-corrected chi connectivity index (χ2v) is 9.40. The van der Waals surface area contributed by atoms with Crippen molar-refractivity contribution in [3.8, 4) is 0 Å². The number of thiophene rings is 1. The summed E-state index contributed by atoms with van der Waals surface area (Å²) in [6.45, 7) is 3.99. The van der Waals surface area contributed by atoms with Crippen molar-refractivity contribution in [1.29, 1.82) is 0 Å². The summed E-state index contributed by atoms with van der Waals surface area (Å²) in [6, 6.07) is 0. The van der Waals surface area contributed by atoms with Gasteiger partial charge in [0.05, 0.1) is 18.8 Å². The number of hydrogen-bond acceptors (Lipinski definition) is 5. The number of anilines is 1. The second kappa shape index (κ2) is 6.57. The van der Waals surface area contributed by atoms with Gasteiger partial charge in [-0.15, -0.1) is 11.3 Å². The van der Waals surface area contributed by atoms with Crippen molar-refractivity contribution >= 4 is 28.2 Å². The van der Waals surface area contributed by atoms with E-state index in [2.05, 4.69) is 17.6 Å². The highest BCUT2D eigenvalue weighted by Crippen LogP contribution is 2.50. The van der Waals surface area contributed by atoms with Crippen LogP contribution in [0.25, 0.3) is 0 Å². The third-order valence-electron chi connectivity index (χ3n) is 6.25. The van der Waals surface area contributed by atoms with Crippen LogP contribution < -0.4 is 10.6 Å². The molecule has 146 valence electrons. The number of rotatable bonds is 5. The fourth-order valence-electron chi connectivity index (χ4n) is 4.24. The summed E-state index contributed by atoms with van der Waals surface area (Å²) in [7, 11) is 0. The monoisotopic (exact) mass is 390 g/mol. The molecule has 2 N–H and O–H groups in total. The summed E-state index contributed by atoms with van der Waals surface area (Å²) in [5, 5.41) is 6.84. The Morgan fingerprint density at radius 2 is 1.93 bits per heavy atom. The lowest BCUT2D eigenvalue weighted by Crippen LogP contribution is -2.41. The van der Waals surface area contributed by atoms with Gasteiger partial charge >= 0.3 is 0 Å². The number of nitrogens with one attached hydrogen (secondary N) is 2. The average Bonchev–Trinajstić information content (AvgIpc) is 3.58. The number of fused-ring (bicyclic) bond motifs is 1. The molecule has 1 aromatic rings. The molecular formula is C20H26N2O4S. The van der Waals surface area contributed by atoms with Crippen LogP contribution in [0.15, 0.2) is 0 Å². The molecule has 2 amide bonds. The molecule has 7 heteroatoms. The predicted octanol–water partition coefficient (Wildman–Crippen LogP) is 3.03. The number of ether oxygens (including phenoxy) is 2. The van der Waals surface area contributed by atoms with E-state index in [1.165, 1.54) is 17.7 Å². The Bertz CT molecular complexity index is 775. The van der Waals surface area contributed by atoms with Gasteiger partial charge < -0.3 is 20.1 Å². The minimum Gasteiger partial charge on any atom is -0.352 e. The van der Waals surface area contributed by atoms with Crippen LogP contribution in [0.1, 0.15) is 65.7 Å². The summed E-state index contributed by atoms with van der Waals surface area (Å²) in [5.41, 5.74) is 1.64. The van der Waals surface area contributed by atoms with Gasteiger partial charge in [-0.05, 0) is 43.6 Å². The lowest BCUT2D eigenvalue weighted by molar-refractivity contribution is -0.179. The molecule has 3 aliphatic carbocycles. The third kappa shape index (κ3) is 3.19. The molecule has 2 saturated carbocycles. The van der Waals surface area contributed by atoms with E-state index < -0.39 is 5.79 Å². The number of hydrogen-bond donors (Lipinski definition) is 2. The highest BCUT2D eigenvalue weighted by atomic mass is 32.1. The van der Waals surface area contributed by atoms with Gasteiger partial charge in [-0.1, -0.05) is 6.92 Å². The molecular weight excluding hydrogens is 364 g/mol. The molecule has 3 fully saturated rings. The zero-order chi connectivity index (χ0) is 18.6. The Morgan fingerprint density at radius 1 is 1.19 bits per heavy atom. The Hall–Kier alpha value is -1.44. The molecule has 2 heterocycles. The van der Waals surface area contributed by atoms with Crippen molar-refractivity contribution in [2.45, 2.75) is 57.2 Å². The molecule has 0 radical (unpaired) electrons. The molecule has 0 aromatic carbocycles. The molecule has 1 unspecified atom stereocenters. The summed E-state index contributed by atoms with van der Waals surface area (Å²) in [6.07, 6.45) is 5.87. The molecule has 6 nitrogen and oxygen atoms in total. The first-order chi connectivity index (χ1) is 13.1. The maximum Gasteiger partial charge on any atom is 0.254 e. The maximum absolute atomic E-state index is 13.1. The molecule has 27 heavy (non-hydrogen) atoms. The third-order valence-corrected chi connectivity index (χ3v) is 7.43. The summed E-state index contributed by atoms with van der Waals surface area (Å²) < 4.78 is 12.0. The fourth-order valence-corrected chi connectivity index (χ4v) is 5.54. The summed E-state index contributed by atoms with van der Waals surface area (Å²) in [4.78, 5) is 26.7. The molecule has 1 spiro atoms. The van der Waals surface area contributed by atoms with E-state index in [1.807, 2.05) is 0 Å². The van der Waals surface area contributed by atoms with Crippen LogP contribution in [0, 0.1) is 11.8 Å². The second-order valence-electron chi connectivity index (χ2n) is 8.29. The summed E-state index contributed by atoms with van der Waals surface area (Å²) >= 11 is 1.56.